The highest BCUT2D eigenvalue weighted by molar-refractivity contribution is 7.98. The largest absolute Gasteiger partial charge is 0.468 e. The van der Waals surface area contributed by atoms with Gasteiger partial charge in [-0.3, -0.25) is 14.4 Å². The van der Waals surface area contributed by atoms with E-state index in [1.165, 1.54) is 12.9 Å². The van der Waals surface area contributed by atoms with E-state index in [9.17, 15) is 14.4 Å². The van der Waals surface area contributed by atoms with Gasteiger partial charge in [-0.15, -0.1) is 0 Å². The minimum atomic E-state index is -0.792. The van der Waals surface area contributed by atoms with Gasteiger partial charge in [-0.25, -0.2) is 4.98 Å². The van der Waals surface area contributed by atoms with Crippen molar-refractivity contribution in [2.24, 2.45) is 5.92 Å². The third-order valence-electron chi connectivity index (χ3n) is 6.37. The Labute approximate surface area is 224 Å². The molecule has 2 aromatic rings. The molecule has 1 aromatic carbocycles. The maximum Gasteiger partial charge on any atom is 0.325 e. The SMILES string of the molecule is CCSC.CC[C@H]1CCN(C(=O)Cc2cnc[nH]2)C1CO[C@@H](Cc1ccccc1)C(=O)NCC(=O)OC. The highest BCUT2D eigenvalue weighted by Gasteiger charge is 2.37. The summed E-state index contributed by atoms with van der Waals surface area (Å²) in [5.41, 5.74) is 1.71. The quantitative estimate of drug-likeness (QED) is 0.404. The van der Waals surface area contributed by atoms with Gasteiger partial charge < -0.3 is 24.7 Å². The van der Waals surface area contributed by atoms with Gasteiger partial charge in [0.15, 0.2) is 0 Å². The number of likely N-dealkylation sites (tertiary alicyclic amines) is 1. The Kier molecular flexibility index (Phi) is 13.8. The fourth-order valence-corrected chi connectivity index (χ4v) is 4.19. The number of methoxy groups -OCH3 is 1. The number of rotatable bonds is 12. The number of nitrogens with one attached hydrogen (secondary N) is 2. The Morgan fingerprint density at radius 3 is 2.57 bits per heavy atom. The minimum Gasteiger partial charge on any atom is -0.468 e. The van der Waals surface area contributed by atoms with E-state index in [-0.39, 0.29) is 37.4 Å². The Balaban J connectivity index is 0.00000112. The summed E-state index contributed by atoms with van der Waals surface area (Å²) in [5.74, 6) is 0.634. The van der Waals surface area contributed by atoms with Crippen LogP contribution in [0.4, 0.5) is 0 Å². The van der Waals surface area contributed by atoms with E-state index in [1.54, 1.807) is 12.5 Å². The summed E-state index contributed by atoms with van der Waals surface area (Å²) >= 11 is 1.86. The van der Waals surface area contributed by atoms with Crippen LogP contribution in [0.3, 0.4) is 0 Å². The number of ether oxygens (including phenoxy) is 2. The van der Waals surface area contributed by atoms with Crippen LogP contribution in [0.15, 0.2) is 42.9 Å². The van der Waals surface area contributed by atoms with E-state index in [1.807, 2.05) is 47.0 Å². The van der Waals surface area contributed by atoms with Crippen molar-refractivity contribution in [1.29, 1.82) is 0 Å². The fraction of sp³-hybridized carbons (Fsp3) is 0.556. The summed E-state index contributed by atoms with van der Waals surface area (Å²) in [6.45, 7) is 4.93. The molecule has 0 saturated carbocycles. The van der Waals surface area contributed by atoms with Crippen molar-refractivity contribution < 1.29 is 23.9 Å². The van der Waals surface area contributed by atoms with Crippen LogP contribution in [-0.4, -0.2) is 83.6 Å². The fourth-order valence-electron chi connectivity index (χ4n) is 4.19. The first-order chi connectivity index (χ1) is 17.9. The summed E-state index contributed by atoms with van der Waals surface area (Å²) in [6.07, 6.45) is 6.94. The first-order valence-electron chi connectivity index (χ1n) is 12.7. The van der Waals surface area contributed by atoms with Crippen LogP contribution in [-0.2, 0) is 36.7 Å². The number of aromatic nitrogens is 2. The third kappa shape index (κ3) is 10.2. The number of benzene rings is 1. The zero-order chi connectivity index (χ0) is 27.0. The molecule has 1 aromatic heterocycles. The molecule has 37 heavy (non-hydrogen) atoms. The molecule has 3 rings (SSSR count). The summed E-state index contributed by atoms with van der Waals surface area (Å²) in [5, 5.41) is 2.59. The Morgan fingerprint density at radius 2 is 1.97 bits per heavy atom. The first kappa shape index (κ1) is 30.4. The van der Waals surface area contributed by atoms with Crippen molar-refractivity contribution in [3.8, 4) is 0 Å². The molecule has 0 aliphatic carbocycles. The normalized spacial score (nSPS) is 17.5. The van der Waals surface area contributed by atoms with Crippen LogP contribution < -0.4 is 5.32 Å². The minimum absolute atomic E-state index is 0.0125. The van der Waals surface area contributed by atoms with E-state index in [2.05, 4.69) is 40.1 Å². The molecule has 204 valence electrons. The van der Waals surface area contributed by atoms with E-state index in [4.69, 9.17) is 4.74 Å². The summed E-state index contributed by atoms with van der Waals surface area (Å²) in [6, 6.07) is 9.45. The van der Waals surface area contributed by atoms with Crippen LogP contribution in [0.1, 0.15) is 37.9 Å². The van der Waals surface area contributed by atoms with Crippen LogP contribution in [0.2, 0.25) is 0 Å². The second-order valence-corrected chi connectivity index (χ2v) is 9.90. The van der Waals surface area contributed by atoms with E-state index in [0.717, 1.165) is 24.1 Å². The van der Waals surface area contributed by atoms with Crippen LogP contribution >= 0.6 is 11.8 Å². The number of esters is 1. The maximum atomic E-state index is 13.0. The predicted octanol–water partition coefficient (Wildman–Crippen LogP) is 2.87. The molecule has 0 bridgehead atoms. The molecule has 2 heterocycles. The Hall–Kier alpha value is -2.85. The van der Waals surface area contributed by atoms with Gasteiger partial charge in [-0.05, 0) is 29.9 Å². The summed E-state index contributed by atoms with van der Waals surface area (Å²) in [4.78, 5) is 46.0. The lowest BCUT2D eigenvalue weighted by Gasteiger charge is -2.29. The number of thioether (sulfide) groups is 1. The first-order valence-corrected chi connectivity index (χ1v) is 14.1. The number of amides is 2. The highest BCUT2D eigenvalue weighted by atomic mass is 32.2. The van der Waals surface area contributed by atoms with Gasteiger partial charge in [0.1, 0.15) is 12.6 Å². The number of hydrogen-bond donors (Lipinski definition) is 2. The number of carbonyl (C=O) groups excluding carboxylic acids is 3. The van der Waals surface area contributed by atoms with Crippen molar-refractivity contribution in [1.82, 2.24) is 20.2 Å². The predicted molar refractivity (Wildman–Crippen MR) is 145 cm³/mol. The Morgan fingerprint density at radius 1 is 1.24 bits per heavy atom. The molecule has 10 heteroatoms. The average molecular weight is 533 g/mol. The van der Waals surface area contributed by atoms with Gasteiger partial charge in [0.25, 0.3) is 0 Å². The molecular weight excluding hydrogens is 492 g/mol. The summed E-state index contributed by atoms with van der Waals surface area (Å²) in [7, 11) is 1.27. The van der Waals surface area contributed by atoms with Gasteiger partial charge in [-0.2, -0.15) is 11.8 Å². The standard InChI is InChI=1S/C24H32N4O5.C3H8S/c1-3-18-9-10-28(22(29)12-19-13-25-16-27-19)20(18)15-33-21(11-17-7-5-4-6-8-17)24(31)26-14-23(30)32-2;1-3-4-2/h4-8,13,16,18,20-21H,3,9-12,14-15H2,1-2H3,(H,25,27)(H,26,31);3H2,1-2H3/t18-,20?,21-;/m0./s1. The molecule has 3 atom stereocenters. The van der Waals surface area contributed by atoms with Crippen molar-refractivity contribution in [2.75, 3.05) is 38.8 Å². The van der Waals surface area contributed by atoms with Gasteiger partial charge in [0.2, 0.25) is 11.8 Å². The van der Waals surface area contributed by atoms with Gasteiger partial charge in [-0.1, -0.05) is 50.6 Å². The molecule has 1 aliphatic rings. The molecule has 2 amide bonds. The molecule has 0 radical (unpaired) electrons. The lowest BCUT2D eigenvalue weighted by molar-refractivity contribution is -0.144. The van der Waals surface area contributed by atoms with Crippen molar-refractivity contribution in [3.63, 3.8) is 0 Å². The van der Waals surface area contributed by atoms with Crippen LogP contribution in [0, 0.1) is 5.92 Å². The van der Waals surface area contributed by atoms with Crippen LogP contribution in [0.25, 0.3) is 0 Å². The lowest BCUT2D eigenvalue weighted by Crippen LogP contribution is -2.45. The smallest absolute Gasteiger partial charge is 0.325 e. The maximum absolute atomic E-state index is 13.0. The summed E-state index contributed by atoms with van der Waals surface area (Å²) < 4.78 is 10.7. The Bertz CT molecular complexity index is 940. The third-order valence-corrected chi connectivity index (χ3v) is 6.95. The second kappa shape index (κ2) is 16.8. The number of nitrogens with zero attached hydrogens (tertiary/aromatic N) is 2. The van der Waals surface area contributed by atoms with E-state index >= 15 is 0 Å². The molecule has 1 aliphatic heterocycles. The average Bonchev–Trinajstić information content (AvgIpc) is 3.59. The van der Waals surface area contributed by atoms with Crippen LogP contribution in [0.5, 0.6) is 0 Å². The molecule has 9 nitrogen and oxygen atoms in total. The number of imidazole rings is 1. The molecule has 1 fully saturated rings. The highest BCUT2D eigenvalue weighted by Crippen LogP contribution is 2.28. The molecule has 2 N–H and O–H groups in total. The second-order valence-electron chi connectivity index (χ2n) is 8.75. The van der Waals surface area contributed by atoms with E-state index in [0.29, 0.717) is 18.9 Å². The number of aromatic amines is 1. The monoisotopic (exact) mass is 532 g/mol. The lowest BCUT2D eigenvalue weighted by atomic mass is 9.98. The zero-order valence-electron chi connectivity index (χ0n) is 22.3. The zero-order valence-corrected chi connectivity index (χ0v) is 23.1. The van der Waals surface area contributed by atoms with Gasteiger partial charge >= 0.3 is 5.97 Å². The van der Waals surface area contributed by atoms with E-state index < -0.39 is 12.1 Å². The van der Waals surface area contributed by atoms with Gasteiger partial charge in [0.05, 0.1) is 32.5 Å². The topological polar surface area (TPSA) is 114 Å². The number of carbonyl (C=O) groups is 3. The van der Waals surface area contributed by atoms with Gasteiger partial charge in [0, 0.05) is 24.9 Å². The van der Waals surface area contributed by atoms with Crippen molar-refractivity contribution in [3.05, 3.63) is 54.1 Å². The number of hydrogen-bond acceptors (Lipinski definition) is 7. The van der Waals surface area contributed by atoms with Crippen molar-refractivity contribution >= 4 is 29.5 Å². The molecule has 0 spiro atoms. The molecule has 1 unspecified atom stereocenters. The molecular formula is C27H40N4O5S. The molecule has 1 saturated heterocycles. The van der Waals surface area contributed by atoms with Crippen molar-refractivity contribution in [2.45, 2.75) is 51.7 Å². The number of H-pyrrole nitrogens is 1.